The van der Waals surface area contributed by atoms with E-state index in [0.717, 1.165) is 16.8 Å². The fourth-order valence-electron chi connectivity index (χ4n) is 1.84. The number of carbonyl (C=O) groups is 1. The van der Waals surface area contributed by atoms with E-state index in [-0.39, 0.29) is 5.91 Å². The molecule has 0 atom stereocenters. The van der Waals surface area contributed by atoms with Crippen LogP contribution in [-0.2, 0) is 4.79 Å². The lowest BCUT2D eigenvalue weighted by molar-refractivity contribution is -0.117. The standard InChI is InChI=1S/C12H14N2OS/c1-8-9-6-4-5-7-10(9)16-14(3)11(8)12(15)13-2/h4-7H,1-3H3,(H,13,15). The maximum absolute atomic E-state index is 11.8. The molecule has 0 spiro atoms. The summed E-state index contributed by atoms with van der Waals surface area (Å²) in [6.45, 7) is 1.99. The number of hydrogen-bond acceptors (Lipinski definition) is 3. The second kappa shape index (κ2) is 4.22. The third kappa shape index (κ3) is 1.69. The molecule has 1 aliphatic rings. The van der Waals surface area contributed by atoms with Crippen LogP contribution in [0.2, 0.25) is 0 Å². The van der Waals surface area contributed by atoms with Crippen molar-refractivity contribution >= 4 is 23.4 Å². The van der Waals surface area contributed by atoms with Crippen LogP contribution in [0.3, 0.4) is 0 Å². The van der Waals surface area contributed by atoms with Crippen molar-refractivity contribution in [3.05, 3.63) is 35.5 Å². The number of nitrogens with zero attached hydrogens (tertiary/aromatic N) is 1. The second-order valence-corrected chi connectivity index (χ2v) is 4.81. The van der Waals surface area contributed by atoms with Gasteiger partial charge in [-0.2, -0.15) is 0 Å². The topological polar surface area (TPSA) is 32.3 Å². The lowest BCUT2D eigenvalue weighted by Crippen LogP contribution is -2.30. The minimum atomic E-state index is -0.0398. The van der Waals surface area contributed by atoms with Crippen LogP contribution in [0.4, 0.5) is 0 Å². The summed E-state index contributed by atoms with van der Waals surface area (Å²) in [5, 5.41) is 2.67. The number of likely N-dealkylation sites (N-methyl/N-ethyl adjacent to an activating group) is 2. The molecule has 1 aliphatic heterocycles. The molecule has 0 aliphatic carbocycles. The van der Waals surface area contributed by atoms with Crippen molar-refractivity contribution in [3.63, 3.8) is 0 Å². The quantitative estimate of drug-likeness (QED) is 0.755. The van der Waals surface area contributed by atoms with E-state index in [1.165, 1.54) is 4.90 Å². The number of rotatable bonds is 1. The molecule has 2 rings (SSSR count). The van der Waals surface area contributed by atoms with Crippen molar-refractivity contribution < 1.29 is 4.79 Å². The predicted octanol–water partition coefficient (Wildman–Crippen LogP) is 2.12. The fourth-order valence-corrected chi connectivity index (χ4v) is 2.91. The summed E-state index contributed by atoms with van der Waals surface area (Å²) in [6.07, 6.45) is 0. The monoisotopic (exact) mass is 234 g/mol. The number of carbonyl (C=O) groups excluding carboxylic acids is 1. The Labute approximate surface area is 99.7 Å². The third-order valence-electron chi connectivity index (χ3n) is 2.64. The maximum atomic E-state index is 11.8. The average molecular weight is 234 g/mol. The Bertz CT molecular complexity index is 468. The van der Waals surface area contributed by atoms with Gasteiger partial charge in [0.05, 0.1) is 0 Å². The molecule has 0 saturated carbocycles. The highest BCUT2D eigenvalue weighted by Crippen LogP contribution is 2.39. The summed E-state index contributed by atoms with van der Waals surface area (Å²) in [5.41, 5.74) is 2.90. The first-order chi connectivity index (χ1) is 7.65. The number of fused-ring (bicyclic) bond motifs is 1. The van der Waals surface area contributed by atoms with Crippen molar-refractivity contribution in [2.75, 3.05) is 14.1 Å². The highest BCUT2D eigenvalue weighted by molar-refractivity contribution is 7.97. The van der Waals surface area contributed by atoms with Gasteiger partial charge in [0.1, 0.15) is 5.70 Å². The van der Waals surface area contributed by atoms with Gasteiger partial charge in [-0.1, -0.05) is 18.2 Å². The molecule has 0 radical (unpaired) electrons. The molecular formula is C12H14N2OS. The summed E-state index contributed by atoms with van der Waals surface area (Å²) in [5.74, 6) is -0.0398. The minimum Gasteiger partial charge on any atom is -0.354 e. The van der Waals surface area contributed by atoms with Crippen LogP contribution < -0.4 is 5.32 Å². The van der Waals surface area contributed by atoms with Gasteiger partial charge in [0.25, 0.3) is 5.91 Å². The van der Waals surface area contributed by atoms with E-state index in [0.29, 0.717) is 0 Å². The van der Waals surface area contributed by atoms with E-state index in [2.05, 4.69) is 11.4 Å². The molecule has 4 heteroatoms. The molecular weight excluding hydrogens is 220 g/mol. The number of allylic oxidation sites excluding steroid dienone is 1. The molecule has 1 heterocycles. The average Bonchev–Trinajstić information content (AvgIpc) is 2.28. The van der Waals surface area contributed by atoms with Gasteiger partial charge in [-0.3, -0.25) is 4.79 Å². The van der Waals surface area contributed by atoms with Crippen molar-refractivity contribution in [3.8, 4) is 0 Å². The van der Waals surface area contributed by atoms with Gasteiger partial charge in [-0.15, -0.1) is 0 Å². The second-order valence-electron chi connectivity index (χ2n) is 3.64. The zero-order valence-electron chi connectivity index (χ0n) is 9.57. The number of hydrogen-bond donors (Lipinski definition) is 1. The Morgan fingerprint density at radius 3 is 2.75 bits per heavy atom. The molecule has 1 N–H and O–H groups in total. The van der Waals surface area contributed by atoms with Gasteiger partial charge in [0, 0.05) is 19.0 Å². The molecule has 0 bridgehead atoms. The van der Waals surface area contributed by atoms with Crippen LogP contribution >= 0.6 is 11.9 Å². The number of nitrogens with one attached hydrogen (secondary N) is 1. The Balaban J connectivity index is 2.56. The summed E-state index contributed by atoms with van der Waals surface area (Å²) in [6, 6.07) is 8.13. The minimum absolute atomic E-state index is 0.0398. The van der Waals surface area contributed by atoms with Crippen LogP contribution in [0, 0.1) is 0 Å². The Hall–Kier alpha value is -1.42. The van der Waals surface area contributed by atoms with E-state index in [4.69, 9.17) is 0 Å². The zero-order valence-corrected chi connectivity index (χ0v) is 10.4. The maximum Gasteiger partial charge on any atom is 0.268 e. The van der Waals surface area contributed by atoms with Crippen molar-refractivity contribution in [1.29, 1.82) is 0 Å². The lowest BCUT2D eigenvalue weighted by Gasteiger charge is -2.28. The van der Waals surface area contributed by atoms with Crippen LogP contribution in [0.25, 0.3) is 5.57 Å². The molecule has 0 unspecified atom stereocenters. The van der Waals surface area contributed by atoms with Gasteiger partial charge in [-0.05, 0) is 36.1 Å². The summed E-state index contributed by atoms with van der Waals surface area (Å²) >= 11 is 1.58. The molecule has 0 aromatic heterocycles. The van der Waals surface area contributed by atoms with Crippen molar-refractivity contribution in [1.82, 2.24) is 9.62 Å². The van der Waals surface area contributed by atoms with E-state index >= 15 is 0 Å². The van der Waals surface area contributed by atoms with Crippen molar-refractivity contribution in [2.24, 2.45) is 0 Å². The first-order valence-electron chi connectivity index (χ1n) is 5.09. The molecule has 16 heavy (non-hydrogen) atoms. The summed E-state index contributed by atoms with van der Waals surface area (Å²) < 4.78 is 1.91. The van der Waals surface area contributed by atoms with E-state index in [1.807, 2.05) is 36.5 Å². The number of amides is 1. The molecule has 0 saturated heterocycles. The summed E-state index contributed by atoms with van der Waals surface area (Å²) in [7, 11) is 3.57. The van der Waals surface area contributed by atoms with Crippen molar-refractivity contribution in [2.45, 2.75) is 11.8 Å². The van der Waals surface area contributed by atoms with Gasteiger partial charge in [0.15, 0.2) is 0 Å². The molecule has 84 valence electrons. The highest BCUT2D eigenvalue weighted by atomic mass is 32.2. The van der Waals surface area contributed by atoms with E-state index < -0.39 is 0 Å². The first kappa shape index (κ1) is 11.1. The van der Waals surface area contributed by atoms with Gasteiger partial charge in [-0.25, -0.2) is 0 Å². The third-order valence-corrected chi connectivity index (χ3v) is 3.65. The van der Waals surface area contributed by atoms with E-state index in [1.54, 1.807) is 19.0 Å². The number of benzene rings is 1. The van der Waals surface area contributed by atoms with Gasteiger partial charge in [0.2, 0.25) is 0 Å². The molecule has 3 nitrogen and oxygen atoms in total. The fraction of sp³-hybridized carbons (Fsp3) is 0.250. The Kier molecular flexibility index (Phi) is 2.92. The molecule has 1 aromatic rings. The van der Waals surface area contributed by atoms with Crippen LogP contribution in [0.1, 0.15) is 12.5 Å². The lowest BCUT2D eigenvalue weighted by atomic mass is 10.0. The normalized spacial score (nSPS) is 14.8. The van der Waals surface area contributed by atoms with Crippen LogP contribution in [-0.4, -0.2) is 24.3 Å². The van der Waals surface area contributed by atoms with E-state index in [9.17, 15) is 4.79 Å². The van der Waals surface area contributed by atoms with Crippen LogP contribution in [0.15, 0.2) is 34.9 Å². The largest absolute Gasteiger partial charge is 0.354 e. The predicted molar refractivity (Wildman–Crippen MR) is 66.7 cm³/mol. The summed E-state index contributed by atoms with van der Waals surface area (Å²) in [4.78, 5) is 13.0. The molecule has 1 amide bonds. The highest BCUT2D eigenvalue weighted by Gasteiger charge is 2.24. The first-order valence-corrected chi connectivity index (χ1v) is 5.86. The Morgan fingerprint density at radius 2 is 2.06 bits per heavy atom. The molecule has 0 fully saturated rings. The SMILES string of the molecule is CNC(=O)C1=C(C)c2ccccc2SN1C. The van der Waals surface area contributed by atoms with Crippen LogP contribution in [0.5, 0.6) is 0 Å². The molecule has 1 aromatic carbocycles. The van der Waals surface area contributed by atoms with Gasteiger partial charge >= 0.3 is 0 Å². The van der Waals surface area contributed by atoms with Gasteiger partial charge < -0.3 is 9.62 Å². The Morgan fingerprint density at radius 1 is 1.38 bits per heavy atom. The zero-order chi connectivity index (χ0) is 11.7. The smallest absolute Gasteiger partial charge is 0.268 e.